The third-order valence-corrected chi connectivity index (χ3v) is 6.01. The summed E-state index contributed by atoms with van der Waals surface area (Å²) in [5.74, 6) is 0.269. The number of rotatable bonds is 14. The lowest BCUT2D eigenvalue weighted by Crippen LogP contribution is -2.20. The van der Waals surface area contributed by atoms with Gasteiger partial charge in [-0.3, -0.25) is 4.79 Å². The molecule has 4 heteroatoms. The van der Waals surface area contributed by atoms with Gasteiger partial charge in [0.25, 0.3) is 0 Å². The van der Waals surface area contributed by atoms with E-state index in [1.807, 2.05) is 6.08 Å². The predicted octanol–water partition coefficient (Wildman–Crippen LogP) is 4.93. The first-order valence-electron chi connectivity index (χ1n) is 10.8. The van der Waals surface area contributed by atoms with E-state index in [0.717, 1.165) is 70.6 Å². The molecule has 26 heavy (non-hydrogen) atoms. The van der Waals surface area contributed by atoms with Crippen LogP contribution in [0.2, 0.25) is 0 Å². The van der Waals surface area contributed by atoms with Crippen molar-refractivity contribution in [3.05, 3.63) is 12.2 Å². The molecule has 0 amide bonds. The van der Waals surface area contributed by atoms with Crippen molar-refractivity contribution in [2.75, 3.05) is 0 Å². The second kappa shape index (κ2) is 13.3. The lowest BCUT2D eigenvalue weighted by Gasteiger charge is -2.22. The number of carbonyl (C=O) groups is 1. The highest BCUT2D eigenvalue weighted by atomic mass is 16.4. The first-order valence-corrected chi connectivity index (χ1v) is 10.8. The Bertz CT molecular complexity index is 407. The molecule has 1 rings (SSSR count). The van der Waals surface area contributed by atoms with E-state index in [1.165, 1.54) is 0 Å². The van der Waals surface area contributed by atoms with Crippen LogP contribution < -0.4 is 0 Å². The Morgan fingerprint density at radius 2 is 1.85 bits per heavy atom. The van der Waals surface area contributed by atoms with Gasteiger partial charge in [-0.15, -0.1) is 0 Å². The maximum Gasteiger partial charge on any atom is 0.303 e. The zero-order valence-electron chi connectivity index (χ0n) is 16.8. The van der Waals surface area contributed by atoms with Crippen molar-refractivity contribution in [3.63, 3.8) is 0 Å². The summed E-state index contributed by atoms with van der Waals surface area (Å²) in [6.07, 6.45) is 14.8. The molecule has 1 fully saturated rings. The van der Waals surface area contributed by atoms with Gasteiger partial charge >= 0.3 is 5.97 Å². The summed E-state index contributed by atoms with van der Waals surface area (Å²) in [4.78, 5) is 10.5. The van der Waals surface area contributed by atoms with Gasteiger partial charge in [0.2, 0.25) is 0 Å². The van der Waals surface area contributed by atoms with Crippen LogP contribution in [0.25, 0.3) is 0 Å². The molecular formula is C22H40O4. The molecule has 0 saturated heterocycles. The maximum atomic E-state index is 10.5. The summed E-state index contributed by atoms with van der Waals surface area (Å²) in [5, 5.41) is 29.4. The van der Waals surface area contributed by atoms with E-state index in [0.29, 0.717) is 11.8 Å². The number of carboxylic acids is 1. The van der Waals surface area contributed by atoms with Crippen LogP contribution in [0.1, 0.15) is 90.9 Å². The number of hydrogen-bond acceptors (Lipinski definition) is 3. The van der Waals surface area contributed by atoms with Crippen molar-refractivity contribution in [1.82, 2.24) is 0 Å². The minimum Gasteiger partial charge on any atom is -0.481 e. The molecule has 4 nitrogen and oxygen atoms in total. The predicted molar refractivity (Wildman–Crippen MR) is 106 cm³/mol. The quantitative estimate of drug-likeness (QED) is 0.300. The zero-order valence-corrected chi connectivity index (χ0v) is 16.8. The maximum absolute atomic E-state index is 10.5. The van der Waals surface area contributed by atoms with Crippen LogP contribution in [0.4, 0.5) is 0 Å². The fraction of sp³-hybridized carbons (Fsp3) is 0.864. The number of aliphatic hydroxyl groups excluding tert-OH is 2. The first kappa shape index (κ1) is 23.2. The second-order valence-corrected chi connectivity index (χ2v) is 8.01. The molecule has 2 unspecified atom stereocenters. The van der Waals surface area contributed by atoms with Gasteiger partial charge in [0, 0.05) is 6.42 Å². The van der Waals surface area contributed by atoms with E-state index in [-0.39, 0.29) is 24.5 Å². The zero-order chi connectivity index (χ0) is 19.4. The molecule has 0 aromatic heterocycles. The van der Waals surface area contributed by atoms with E-state index in [9.17, 15) is 15.0 Å². The Morgan fingerprint density at radius 1 is 1.12 bits per heavy atom. The third kappa shape index (κ3) is 8.68. The average molecular weight is 369 g/mol. The van der Waals surface area contributed by atoms with Gasteiger partial charge in [0.15, 0.2) is 0 Å². The minimum atomic E-state index is -0.718. The highest BCUT2D eigenvalue weighted by molar-refractivity contribution is 5.66. The Balaban J connectivity index is 2.40. The Hall–Kier alpha value is -0.870. The Labute approximate surface area is 159 Å². The summed E-state index contributed by atoms with van der Waals surface area (Å²) in [6.45, 7) is 4.32. The van der Waals surface area contributed by atoms with Gasteiger partial charge in [-0.05, 0) is 49.9 Å². The molecule has 0 bridgehead atoms. The minimum absolute atomic E-state index is 0.233. The third-order valence-electron chi connectivity index (χ3n) is 6.01. The molecule has 0 aliphatic heterocycles. The molecule has 0 aromatic rings. The number of unbranched alkanes of at least 4 members (excludes halogenated alkanes) is 4. The van der Waals surface area contributed by atoms with E-state index in [4.69, 9.17) is 5.11 Å². The topological polar surface area (TPSA) is 77.8 Å². The lowest BCUT2D eigenvalue weighted by atomic mass is 9.87. The van der Waals surface area contributed by atoms with E-state index >= 15 is 0 Å². The van der Waals surface area contributed by atoms with Crippen LogP contribution in [0.3, 0.4) is 0 Å². The Kier molecular flexibility index (Phi) is 11.9. The highest BCUT2D eigenvalue weighted by Crippen LogP contribution is 2.37. The van der Waals surface area contributed by atoms with Gasteiger partial charge in [0.1, 0.15) is 0 Å². The average Bonchev–Trinajstić information content (AvgIpc) is 2.96. The summed E-state index contributed by atoms with van der Waals surface area (Å²) in [7, 11) is 0. The highest BCUT2D eigenvalue weighted by Gasteiger charge is 2.32. The number of allylic oxidation sites excluding steroid dienone is 1. The number of aliphatic hydroxyl groups is 2. The summed E-state index contributed by atoms with van der Waals surface area (Å²) < 4.78 is 0. The molecule has 0 heterocycles. The van der Waals surface area contributed by atoms with Gasteiger partial charge < -0.3 is 15.3 Å². The first-order chi connectivity index (χ1) is 12.5. The van der Waals surface area contributed by atoms with Crippen LogP contribution in [0.15, 0.2) is 12.2 Å². The molecular weight excluding hydrogens is 328 g/mol. The fourth-order valence-electron chi connectivity index (χ4n) is 4.23. The lowest BCUT2D eigenvalue weighted by molar-refractivity contribution is -0.137. The van der Waals surface area contributed by atoms with Crippen LogP contribution in [-0.2, 0) is 4.79 Å². The number of carboxylic acid groups (broad SMARTS) is 1. The fourth-order valence-corrected chi connectivity index (χ4v) is 4.23. The summed E-state index contributed by atoms with van der Waals surface area (Å²) >= 11 is 0. The summed E-state index contributed by atoms with van der Waals surface area (Å²) in [6, 6.07) is 0. The molecule has 0 radical (unpaired) electrons. The largest absolute Gasteiger partial charge is 0.481 e. The molecule has 3 N–H and O–H groups in total. The number of aliphatic carboxylic acids is 1. The molecule has 1 saturated carbocycles. The normalized spacial score (nSPS) is 25.6. The molecule has 5 atom stereocenters. The van der Waals surface area contributed by atoms with Crippen molar-refractivity contribution >= 4 is 5.97 Å². The van der Waals surface area contributed by atoms with Gasteiger partial charge in [-0.1, -0.05) is 64.5 Å². The molecule has 1 aliphatic rings. The van der Waals surface area contributed by atoms with Crippen molar-refractivity contribution in [3.8, 4) is 0 Å². The van der Waals surface area contributed by atoms with Crippen LogP contribution in [-0.4, -0.2) is 33.5 Å². The van der Waals surface area contributed by atoms with E-state index in [2.05, 4.69) is 19.9 Å². The van der Waals surface area contributed by atoms with Crippen molar-refractivity contribution in [2.24, 2.45) is 17.8 Å². The molecule has 0 spiro atoms. The van der Waals surface area contributed by atoms with Gasteiger partial charge in [-0.2, -0.15) is 0 Å². The van der Waals surface area contributed by atoms with Crippen LogP contribution in [0, 0.1) is 17.8 Å². The standard InChI is InChI=1S/C22H40O4/c1-3-5-10-17(4-2)20(23)15-13-18-14-16-21(24)19(18)11-8-6-7-9-12-22(25)26/h13,15,17-21,23-24H,3-12,14,16H2,1-2H3,(H,25,26)/t17?,18-,19+,20?,21-/m0/s1. The monoisotopic (exact) mass is 368 g/mol. The van der Waals surface area contributed by atoms with Crippen molar-refractivity contribution in [1.29, 1.82) is 0 Å². The van der Waals surface area contributed by atoms with Gasteiger partial charge in [-0.25, -0.2) is 0 Å². The molecule has 152 valence electrons. The van der Waals surface area contributed by atoms with Crippen molar-refractivity contribution < 1.29 is 20.1 Å². The SMILES string of the molecule is CCCCC(CC)C(O)C=C[C@H]1CC[C@H](O)[C@@H]1CCCCCCC(=O)O. The van der Waals surface area contributed by atoms with E-state index in [1.54, 1.807) is 0 Å². The number of hydrogen-bond donors (Lipinski definition) is 3. The van der Waals surface area contributed by atoms with Crippen LogP contribution >= 0.6 is 0 Å². The van der Waals surface area contributed by atoms with Crippen LogP contribution in [0.5, 0.6) is 0 Å². The van der Waals surface area contributed by atoms with E-state index < -0.39 is 5.97 Å². The van der Waals surface area contributed by atoms with Crippen molar-refractivity contribution in [2.45, 2.75) is 103 Å². The smallest absolute Gasteiger partial charge is 0.303 e. The van der Waals surface area contributed by atoms with Gasteiger partial charge in [0.05, 0.1) is 12.2 Å². The second-order valence-electron chi connectivity index (χ2n) is 8.01. The Morgan fingerprint density at radius 3 is 2.50 bits per heavy atom. The molecule has 0 aromatic carbocycles. The summed E-state index contributed by atoms with van der Waals surface area (Å²) in [5.41, 5.74) is 0. The molecule has 1 aliphatic carbocycles.